The first-order valence-corrected chi connectivity index (χ1v) is 12.7. The van der Waals surface area contributed by atoms with Crippen LogP contribution < -0.4 is 4.90 Å². The first kappa shape index (κ1) is 24.1. The maximum absolute atomic E-state index is 15.4. The van der Waals surface area contributed by atoms with Crippen LogP contribution in [-0.2, 0) is 35.1 Å². The van der Waals surface area contributed by atoms with Gasteiger partial charge in [-0.2, -0.15) is 8.78 Å². The van der Waals surface area contributed by atoms with Gasteiger partial charge < -0.3 is 4.90 Å². The van der Waals surface area contributed by atoms with Crippen molar-refractivity contribution in [2.75, 3.05) is 11.2 Å². The zero-order chi connectivity index (χ0) is 24.5. The monoisotopic (exact) mass is 491 g/mol. The van der Waals surface area contributed by atoms with E-state index >= 15 is 4.39 Å². The molecule has 0 N–H and O–H groups in total. The number of pyridine rings is 2. The lowest BCUT2D eigenvalue weighted by molar-refractivity contribution is 0.0127. The van der Waals surface area contributed by atoms with E-state index in [4.69, 9.17) is 0 Å². The number of aromatic nitrogens is 4. The molecule has 34 heavy (non-hydrogen) atoms. The molecule has 1 aliphatic rings. The summed E-state index contributed by atoms with van der Waals surface area (Å²) in [5, 5.41) is -0.0167. The van der Waals surface area contributed by atoms with Crippen molar-refractivity contribution in [3.63, 3.8) is 0 Å². The van der Waals surface area contributed by atoms with Crippen molar-refractivity contribution >= 4 is 15.7 Å². The van der Waals surface area contributed by atoms with E-state index in [9.17, 15) is 17.2 Å². The van der Waals surface area contributed by atoms with Crippen molar-refractivity contribution in [2.24, 2.45) is 0 Å². The van der Waals surface area contributed by atoms with Gasteiger partial charge in [0.1, 0.15) is 12.0 Å². The highest BCUT2D eigenvalue weighted by Crippen LogP contribution is 2.34. The Balaban J connectivity index is 1.50. The van der Waals surface area contributed by atoms with Gasteiger partial charge in [0, 0.05) is 38.2 Å². The van der Waals surface area contributed by atoms with E-state index in [1.807, 2.05) is 4.90 Å². The fourth-order valence-electron chi connectivity index (χ4n) is 3.55. The van der Waals surface area contributed by atoms with Gasteiger partial charge >= 0.3 is 0 Å². The number of nitrogens with zero attached hydrogens (tertiary/aromatic N) is 5. The highest BCUT2D eigenvalue weighted by Gasteiger charge is 2.33. The van der Waals surface area contributed by atoms with E-state index in [2.05, 4.69) is 19.9 Å². The van der Waals surface area contributed by atoms with Gasteiger partial charge in [0.2, 0.25) is 0 Å². The van der Waals surface area contributed by atoms with E-state index < -0.39 is 21.6 Å². The summed E-state index contributed by atoms with van der Waals surface area (Å²) in [4.78, 5) is 17.9. The van der Waals surface area contributed by atoms with Crippen LogP contribution in [0.2, 0.25) is 0 Å². The van der Waals surface area contributed by atoms with Crippen molar-refractivity contribution in [3.05, 3.63) is 71.3 Å². The minimum atomic E-state index is -3.39. The summed E-state index contributed by atoms with van der Waals surface area (Å²) in [5.41, 5.74) is 1.35. The number of rotatable bonds is 9. The van der Waals surface area contributed by atoms with E-state index in [0.717, 1.165) is 31.6 Å². The van der Waals surface area contributed by atoms with Gasteiger partial charge in [-0.25, -0.2) is 27.8 Å². The third-order valence-corrected chi connectivity index (χ3v) is 6.56. The largest absolute Gasteiger partial charge is 0.347 e. The predicted octanol–water partition coefficient (Wildman–Crippen LogP) is 3.88. The lowest BCUT2D eigenvalue weighted by Crippen LogP contribution is -2.28. The number of halogens is 3. The SMILES string of the molecule is CC(F)(F)c1ccc(CN(c2ncnc(CCc3ccc(S(C)(=O)=O)nc3)c2F)C2CC2)cn1. The van der Waals surface area contributed by atoms with Crippen LogP contribution >= 0.6 is 0 Å². The third kappa shape index (κ3) is 5.69. The van der Waals surface area contributed by atoms with Crippen molar-refractivity contribution < 1.29 is 21.6 Å². The molecule has 3 aromatic heterocycles. The summed E-state index contributed by atoms with van der Waals surface area (Å²) in [6, 6.07) is 6.04. The second kappa shape index (κ2) is 9.28. The van der Waals surface area contributed by atoms with Gasteiger partial charge in [-0.05, 0) is 48.9 Å². The minimum absolute atomic E-state index is 0.0167. The van der Waals surface area contributed by atoms with Gasteiger partial charge in [-0.3, -0.25) is 4.98 Å². The molecule has 0 atom stereocenters. The molecule has 11 heteroatoms. The number of sulfone groups is 1. The number of alkyl halides is 2. The third-order valence-electron chi connectivity index (χ3n) is 5.56. The highest BCUT2D eigenvalue weighted by molar-refractivity contribution is 7.90. The standard InChI is InChI=1S/C23H24F3N5O2S/c1-23(25,26)19-9-4-16(12-27-19)13-31(17-6-7-17)22-21(24)18(29-14-30-22)8-3-15-5-10-20(28-11-15)34(2,32)33/h4-5,9-12,14,17H,3,6-8,13H2,1-2H3. The van der Waals surface area contributed by atoms with Gasteiger partial charge in [-0.1, -0.05) is 12.1 Å². The lowest BCUT2D eigenvalue weighted by Gasteiger charge is -2.24. The molecule has 0 amide bonds. The van der Waals surface area contributed by atoms with Crippen LogP contribution in [0, 0.1) is 5.82 Å². The summed E-state index contributed by atoms with van der Waals surface area (Å²) in [5.74, 6) is -3.38. The Morgan fingerprint density at radius 1 is 1.00 bits per heavy atom. The van der Waals surface area contributed by atoms with Crippen LogP contribution in [0.4, 0.5) is 19.0 Å². The van der Waals surface area contributed by atoms with Gasteiger partial charge in [0.25, 0.3) is 5.92 Å². The summed E-state index contributed by atoms with van der Waals surface area (Å²) >= 11 is 0. The first-order chi connectivity index (χ1) is 16.0. The van der Waals surface area contributed by atoms with Crippen LogP contribution in [0.3, 0.4) is 0 Å². The summed E-state index contributed by atoms with van der Waals surface area (Å²) in [6.07, 6.45) is 7.71. The molecule has 1 fully saturated rings. The Hall–Kier alpha value is -3.08. The number of hydrogen-bond acceptors (Lipinski definition) is 7. The first-order valence-electron chi connectivity index (χ1n) is 10.8. The molecule has 7 nitrogen and oxygen atoms in total. The Morgan fingerprint density at radius 3 is 2.26 bits per heavy atom. The average Bonchev–Trinajstić information content (AvgIpc) is 3.62. The summed E-state index contributed by atoms with van der Waals surface area (Å²) in [6.45, 7) is 1.08. The Kier molecular flexibility index (Phi) is 6.57. The molecule has 180 valence electrons. The Labute approximate surface area is 196 Å². The van der Waals surface area contributed by atoms with Crippen LogP contribution in [0.5, 0.6) is 0 Å². The quantitative estimate of drug-likeness (QED) is 0.449. The maximum atomic E-state index is 15.4. The molecule has 1 saturated carbocycles. The van der Waals surface area contributed by atoms with Crippen molar-refractivity contribution in [1.29, 1.82) is 0 Å². The molecule has 0 radical (unpaired) electrons. The average molecular weight is 492 g/mol. The molecular formula is C23H24F3N5O2S. The molecule has 0 bridgehead atoms. The number of anilines is 1. The van der Waals surface area contributed by atoms with Crippen LogP contribution in [0.15, 0.2) is 48.0 Å². The molecule has 3 heterocycles. The zero-order valence-electron chi connectivity index (χ0n) is 18.7. The Morgan fingerprint density at radius 2 is 1.71 bits per heavy atom. The molecule has 0 spiro atoms. The minimum Gasteiger partial charge on any atom is -0.347 e. The molecular weight excluding hydrogens is 467 g/mol. The normalized spacial score (nSPS) is 14.3. The topological polar surface area (TPSA) is 88.9 Å². The van der Waals surface area contributed by atoms with E-state index in [0.29, 0.717) is 12.0 Å². The molecule has 0 aromatic carbocycles. The second-order valence-corrected chi connectivity index (χ2v) is 10.5. The van der Waals surface area contributed by atoms with Crippen molar-refractivity contribution in [3.8, 4) is 0 Å². The van der Waals surface area contributed by atoms with Crippen molar-refractivity contribution in [1.82, 2.24) is 19.9 Å². The fraction of sp³-hybridized carbons (Fsp3) is 0.391. The second-order valence-electron chi connectivity index (χ2n) is 8.53. The van der Waals surface area contributed by atoms with Crippen LogP contribution in [-0.4, -0.2) is 40.7 Å². The summed E-state index contributed by atoms with van der Waals surface area (Å²) < 4.78 is 65.4. The Bertz CT molecular complexity index is 1260. The molecule has 0 unspecified atom stereocenters. The van der Waals surface area contributed by atoms with Crippen LogP contribution in [0.25, 0.3) is 0 Å². The van der Waals surface area contributed by atoms with Gasteiger partial charge in [0.15, 0.2) is 26.5 Å². The lowest BCUT2D eigenvalue weighted by atomic mass is 10.1. The van der Waals surface area contributed by atoms with Gasteiger partial charge in [-0.15, -0.1) is 0 Å². The van der Waals surface area contributed by atoms with Crippen LogP contribution in [0.1, 0.15) is 42.3 Å². The molecule has 0 aliphatic heterocycles. The maximum Gasteiger partial charge on any atom is 0.286 e. The molecule has 3 aromatic rings. The van der Waals surface area contributed by atoms with E-state index in [1.165, 1.54) is 30.9 Å². The molecule has 4 rings (SSSR count). The summed E-state index contributed by atoms with van der Waals surface area (Å²) in [7, 11) is -3.39. The smallest absolute Gasteiger partial charge is 0.286 e. The number of aryl methyl sites for hydroxylation is 2. The van der Waals surface area contributed by atoms with E-state index in [-0.39, 0.29) is 41.2 Å². The van der Waals surface area contributed by atoms with E-state index in [1.54, 1.807) is 12.1 Å². The highest BCUT2D eigenvalue weighted by atomic mass is 32.2. The molecule has 0 saturated heterocycles. The number of hydrogen-bond donors (Lipinski definition) is 0. The fourth-order valence-corrected chi connectivity index (χ4v) is 4.11. The zero-order valence-corrected chi connectivity index (χ0v) is 19.6. The predicted molar refractivity (Wildman–Crippen MR) is 120 cm³/mol. The van der Waals surface area contributed by atoms with Crippen molar-refractivity contribution in [2.45, 2.75) is 56.1 Å². The molecule has 1 aliphatic carbocycles. The van der Waals surface area contributed by atoms with Gasteiger partial charge in [0.05, 0.1) is 5.69 Å².